The Hall–Kier alpha value is -0.830. The van der Waals surface area contributed by atoms with Gasteiger partial charge in [0.15, 0.2) is 0 Å². The van der Waals surface area contributed by atoms with Crippen molar-refractivity contribution in [1.82, 2.24) is 8.81 Å². The van der Waals surface area contributed by atoms with E-state index in [-0.39, 0.29) is 0 Å². The summed E-state index contributed by atoms with van der Waals surface area (Å²) >= 11 is 3.46. The van der Waals surface area contributed by atoms with E-state index in [9.17, 15) is 0 Å². The first-order chi connectivity index (χ1) is 6.36. The van der Waals surface area contributed by atoms with Crippen LogP contribution in [0.15, 0.2) is 24.3 Å². The predicted molar refractivity (Wildman–Crippen MR) is 56.0 cm³/mol. The lowest BCUT2D eigenvalue weighted by Gasteiger charge is -1.95. The van der Waals surface area contributed by atoms with Crippen LogP contribution in [0.25, 0.3) is 10.9 Å². The lowest BCUT2D eigenvalue weighted by molar-refractivity contribution is 0.936. The van der Waals surface area contributed by atoms with Crippen LogP contribution in [0.3, 0.4) is 0 Å². The van der Waals surface area contributed by atoms with Gasteiger partial charge in [-0.05, 0) is 18.9 Å². The SMILES string of the molecule is Brn1nc2ccccc2c1C1CC1. The van der Waals surface area contributed by atoms with Crippen molar-refractivity contribution in [3.8, 4) is 0 Å². The average molecular weight is 237 g/mol. The zero-order valence-corrected chi connectivity index (χ0v) is 8.66. The minimum absolute atomic E-state index is 0.728. The van der Waals surface area contributed by atoms with E-state index in [4.69, 9.17) is 0 Å². The summed E-state index contributed by atoms with van der Waals surface area (Å²) in [5, 5.41) is 5.70. The molecule has 0 amide bonds. The second-order valence-electron chi connectivity index (χ2n) is 3.54. The summed E-state index contributed by atoms with van der Waals surface area (Å²) in [5.74, 6) is 0.728. The highest BCUT2D eigenvalue weighted by molar-refractivity contribution is 9.08. The Labute approximate surface area is 84.9 Å². The number of hydrogen-bond donors (Lipinski definition) is 0. The Balaban J connectivity index is 2.35. The quantitative estimate of drug-likeness (QED) is 0.745. The van der Waals surface area contributed by atoms with Crippen molar-refractivity contribution in [3.05, 3.63) is 30.0 Å². The van der Waals surface area contributed by atoms with Gasteiger partial charge in [0.25, 0.3) is 0 Å². The summed E-state index contributed by atoms with van der Waals surface area (Å²) in [7, 11) is 0. The number of benzene rings is 1. The first kappa shape index (κ1) is 7.56. The second kappa shape index (κ2) is 2.58. The van der Waals surface area contributed by atoms with Crippen LogP contribution < -0.4 is 0 Å². The largest absolute Gasteiger partial charge is 0.200 e. The van der Waals surface area contributed by atoms with E-state index in [0.717, 1.165) is 11.4 Å². The Morgan fingerprint density at radius 3 is 2.85 bits per heavy atom. The van der Waals surface area contributed by atoms with Gasteiger partial charge < -0.3 is 0 Å². The van der Waals surface area contributed by atoms with Crippen molar-refractivity contribution in [2.24, 2.45) is 0 Å². The summed E-state index contributed by atoms with van der Waals surface area (Å²) in [6, 6.07) is 8.30. The van der Waals surface area contributed by atoms with Crippen LogP contribution in [0.2, 0.25) is 0 Å². The Morgan fingerprint density at radius 1 is 1.31 bits per heavy atom. The topological polar surface area (TPSA) is 17.8 Å². The second-order valence-corrected chi connectivity index (χ2v) is 4.21. The molecule has 2 nitrogen and oxygen atoms in total. The molecule has 0 bridgehead atoms. The molecule has 1 aliphatic carbocycles. The highest BCUT2D eigenvalue weighted by Gasteiger charge is 2.29. The molecule has 1 aromatic carbocycles. The molecule has 1 heterocycles. The third kappa shape index (κ3) is 1.10. The van der Waals surface area contributed by atoms with Gasteiger partial charge in [-0.25, -0.2) is 3.71 Å². The third-order valence-corrected chi connectivity index (χ3v) is 3.08. The van der Waals surface area contributed by atoms with Gasteiger partial charge in [0.1, 0.15) is 0 Å². The molecule has 66 valence electrons. The molecule has 0 N–H and O–H groups in total. The maximum absolute atomic E-state index is 4.41. The molecule has 2 aromatic rings. The van der Waals surface area contributed by atoms with Gasteiger partial charge in [0.2, 0.25) is 0 Å². The van der Waals surface area contributed by atoms with E-state index in [1.54, 1.807) is 0 Å². The fraction of sp³-hybridized carbons (Fsp3) is 0.300. The zero-order chi connectivity index (χ0) is 8.84. The Morgan fingerprint density at radius 2 is 2.08 bits per heavy atom. The molecule has 0 atom stereocenters. The highest BCUT2D eigenvalue weighted by atomic mass is 79.9. The molecule has 3 heteroatoms. The van der Waals surface area contributed by atoms with Crippen LogP contribution in [0, 0.1) is 0 Å². The summed E-state index contributed by atoms with van der Waals surface area (Å²) in [6.07, 6.45) is 2.61. The van der Waals surface area contributed by atoms with Crippen molar-refractivity contribution in [3.63, 3.8) is 0 Å². The van der Waals surface area contributed by atoms with Crippen LogP contribution in [0.4, 0.5) is 0 Å². The summed E-state index contributed by atoms with van der Waals surface area (Å²) in [5.41, 5.74) is 2.43. The van der Waals surface area contributed by atoms with Crippen LogP contribution in [-0.4, -0.2) is 8.81 Å². The minimum atomic E-state index is 0.728. The van der Waals surface area contributed by atoms with Gasteiger partial charge in [-0.1, -0.05) is 18.2 Å². The van der Waals surface area contributed by atoms with Gasteiger partial charge in [-0.3, -0.25) is 0 Å². The number of fused-ring (bicyclic) bond motifs is 1. The van der Waals surface area contributed by atoms with Gasteiger partial charge in [-0.15, -0.1) is 0 Å². The Bertz CT molecular complexity index is 457. The van der Waals surface area contributed by atoms with Gasteiger partial charge in [-0.2, -0.15) is 5.10 Å². The molecule has 0 aliphatic heterocycles. The van der Waals surface area contributed by atoms with Crippen LogP contribution in [0.1, 0.15) is 24.5 Å². The van der Waals surface area contributed by atoms with Crippen LogP contribution in [0.5, 0.6) is 0 Å². The molecule has 0 unspecified atom stereocenters. The molecule has 13 heavy (non-hydrogen) atoms. The number of rotatable bonds is 1. The van der Waals surface area contributed by atoms with Crippen molar-refractivity contribution in [1.29, 1.82) is 0 Å². The molecule has 0 saturated heterocycles. The first-order valence-corrected chi connectivity index (χ1v) is 5.21. The normalized spacial score (nSPS) is 16.7. The number of halogens is 1. The lowest BCUT2D eigenvalue weighted by Crippen LogP contribution is -1.88. The maximum Gasteiger partial charge on any atom is 0.0936 e. The average Bonchev–Trinajstić information content (AvgIpc) is 2.88. The predicted octanol–water partition coefficient (Wildman–Crippen LogP) is 3.07. The zero-order valence-electron chi connectivity index (χ0n) is 7.07. The molecule has 1 fully saturated rings. The number of nitrogens with zero attached hydrogens (tertiary/aromatic N) is 2. The van der Waals surface area contributed by atoms with Crippen molar-refractivity contribution < 1.29 is 0 Å². The number of hydrogen-bond acceptors (Lipinski definition) is 1. The highest BCUT2D eigenvalue weighted by Crippen LogP contribution is 2.43. The number of aromatic nitrogens is 2. The smallest absolute Gasteiger partial charge is 0.0936 e. The summed E-state index contributed by atoms with van der Waals surface area (Å²) in [4.78, 5) is 0. The Kier molecular flexibility index (Phi) is 1.50. The van der Waals surface area contributed by atoms with E-state index in [1.807, 2.05) is 9.77 Å². The molecule has 0 spiro atoms. The fourth-order valence-electron chi connectivity index (χ4n) is 1.75. The monoisotopic (exact) mass is 236 g/mol. The minimum Gasteiger partial charge on any atom is -0.200 e. The van der Waals surface area contributed by atoms with E-state index >= 15 is 0 Å². The fourth-order valence-corrected chi connectivity index (χ4v) is 2.40. The van der Waals surface area contributed by atoms with Crippen LogP contribution in [-0.2, 0) is 0 Å². The van der Waals surface area contributed by atoms with E-state index in [1.165, 1.54) is 23.9 Å². The summed E-state index contributed by atoms with van der Waals surface area (Å²) < 4.78 is 1.86. The standard InChI is InChI=1S/C10H9BrN2/c11-13-10(7-5-6-7)8-3-1-2-4-9(8)12-13/h1-4,7H,5-6H2. The van der Waals surface area contributed by atoms with Gasteiger partial charge >= 0.3 is 0 Å². The third-order valence-electron chi connectivity index (χ3n) is 2.54. The van der Waals surface area contributed by atoms with E-state index in [0.29, 0.717) is 0 Å². The van der Waals surface area contributed by atoms with Gasteiger partial charge in [0, 0.05) is 11.3 Å². The van der Waals surface area contributed by atoms with Crippen molar-refractivity contribution in [2.45, 2.75) is 18.8 Å². The van der Waals surface area contributed by atoms with Crippen molar-refractivity contribution in [2.75, 3.05) is 0 Å². The molecule has 0 radical (unpaired) electrons. The molecule has 1 saturated carbocycles. The van der Waals surface area contributed by atoms with Gasteiger partial charge in [0.05, 0.1) is 27.4 Å². The summed E-state index contributed by atoms with van der Waals surface area (Å²) in [6.45, 7) is 0. The molecular weight excluding hydrogens is 228 g/mol. The van der Waals surface area contributed by atoms with E-state index in [2.05, 4.69) is 39.4 Å². The van der Waals surface area contributed by atoms with Crippen LogP contribution >= 0.6 is 16.1 Å². The maximum atomic E-state index is 4.41. The molecule has 1 aliphatic rings. The van der Waals surface area contributed by atoms with E-state index < -0.39 is 0 Å². The molecular formula is C10H9BrN2. The van der Waals surface area contributed by atoms with Crippen molar-refractivity contribution >= 4 is 27.1 Å². The molecule has 1 aromatic heterocycles. The molecule has 3 rings (SSSR count). The lowest BCUT2D eigenvalue weighted by atomic mass is 10.1. The first-order valence-electron chi connectivity index (χ1n) is 4.50.